The first-order valence-corrected chi connectivity index (χ1v) is 5.10. The lowest BCUT2D eigenvalue weighted by Crippen LogP contribution is -2.09. The van der Waals surface area contributed by atoms with E-state index in [1.807, 2.05) is 35.0 Å². The molecule has 0 aliphatic carbocycles. The molecule has 0 aliphatic heterocycles. The molecule has 0 bridgehead atoms. The van der Waals surface area contributed by atoms with Gasteiger partial charge in [0.1, 0.15) is 0 Å². The van der Waals surface area contributed by atoms with E-state index in [4.69, 9.17) is 17.3 Å². The fourth-order valence-electron chi connectivity index (χ4n) is 1.58. The summed E-state index contributed by atoms with van der Waals surface area (Å²) in [5, 5.41) is 0.734. The summed E-state index contributed by atoms with van der Waals surface area (Å²) in [5.74, 6) is 0.516. The highest BCUT2D eigenvalue weighted by Gasteiger charge is 2.09. The Morgan fingerprint density at radius 1 is 1.47 bits per heavy atom. The highest BCUT2D eigenvalue weighted by molar-refractivity contribution is 6.30. The van der Waals surface area contributed by atoms with Crippen LogP contribution in [-0.4, -0.2) is 9.55 Å². The molecule has 4 heteroatoms. The number of nitrogen functional groups attached to an aromatic ring is 1. The van der Waals surface area contributed by atoms with Crippen molar-refractivity contribution in [2.24, 2.45) is 0 Å². The van der Waals surface area contributed by atoms with E-state index in [1.165, 1.54) is 0 Å². The third-order valence-corrected chi connectivity index (χ3v) is 2.68. The Labute approximate surface area is 93.5 Å². The molecule has 0 saturated carbocycles. The number of nitrogens with two attached hydrogens (primary N) is 1. The first-order valence-electron chi connectivity index (χ1n) is 4.72. The van der Waals surface area contributed by atoms with Crippen LogP contribution in [0.25, 0.3) is 0 Å². The van der Waals surface area contributed by atoms with Crippen LogP contribution in [0.5, 0.6) is 0 Å². The Morgan fingerprint density at radius 2 is 2.27 bits per heavy atom. The molecule has 1 aromatic heterocycles. The van der Waals surface area contributed by atoms with Gasteiger partial charge in [-0.15, -0.1) is 0 Å². The van der Waals surface area contributed by atoms with Gasteiger partial charge in [-0.05, 0) is 24.6 Å². The van der Waals surface area contributed by atoms with Gasteiger partial charge in [0.05, 0.1) is 6.04 Å². The lowest BCUT2D eigenvalue weighted by atomic mass is 10.1. The molecule has 0 fully saturated rings. The summed E-state index contributed by atoms with van der Waals surface area (Å²) in [6, 6.07) is 7.89. The smallest absolute Gasteiger partial charge is 0.200 e. The first kappa shape index (κ1) is 10.1. The molecule has 1 aromatic carbocycles. The van der Waals surface area contributed by atoms with Crippen LogP contribution >= 0.6 is 11.6 Å². The van der Waals surface area contributed by atoms with Gasteiger partial charge in [-0.1, -0.05) is 23.7 Å². The van der Waals surface area contributed by atoms with Crippen LogP contribution in [0.3, 0.4) is 0 Å². The van der Waals surface area contributed by atoms with Crippen LogP contribution in [0.15, 0.2) is 36.7 Å². The molecule has 1 unspecified atom stereocenters. The van der Waals surface area contributed by atoms with Crippen molar-refractivity contribution in [2.75, 3.05) is 5.73 Å². The minimum atomic E-state index is 0.145. The van der Waals surface area contributed by atoms with Gasteiger partial charge in [0, 0.05) is 17.4 Å². The molecule has 3 nitrogen and oxygen atoms in total. The van der Waals surface area contributed by atoms with Crippen molar-refractivity contribution in [2.45, 2.75) is 13.0 Å². The standard InChI is InChI=1S/C11H12ClN3/c1-8(15-6-5-14-11(15)13)9-3-2-4-10(12)7-9/h2-8H,1H3,(H2,13,14). The summed E-state index contributed by atoms with van der Waals surface area (Å²) < 4.78 is 1.91. The van der Waals surface area contributed by atoms with Gasteiger partial charge in [-0.25, -0.2) is 4.98 Å². The maximum atomic E-state index is 5.93. The minimum absolute atomic E-state index is 0.145. The monoisotopic (exact) mass is 221 g/mol. The Bertz CT molecular complexity index is 464. The van der Waals surface area contributed by atoms with E-state index < -0.39 is 0 Å². The van der Waals surface area contributed by atoms with Gasteiger partial charge in [-0.3, -0.25) is 0 Å². The Balaban J connectivity index is 2.36. The van der Waals surface area contributed by atoms with Gasteiger partial charge >= 0.3 is 0 Å². The lowest BCUT2D eigenvalue weighted by Gasteiger charge is -2.15. The van der Waals surface area contributed by atoms with Crippen LogP contribution in [0.1, 0.15) is 18.5 Å². The zero-order valence-corrected chi connectivity index (χ0v) is 9.15. The minimum Gasteiger partial charge on any atom is -0.369 e. The highest BCUT2D eigenvalue weighted by atomic mass is 35.5. The van der Waals surface area contributed by atoms with E-state index in [0.29, 0.717) is 5.95 Å². The highest BCUT2D eigenvalue weighted by Crippen LogP contribution is 2.22. The molecule has 0 saturated heterocycles. The third-order valence-electron chi connectivity index (χ3n) is 2.45. The SMILES string of the molecule is CC(c1cccc(Cl)c1)n1ccnc1N. The number of anilines is 1. The summed E-state index contributed by atoms with van der Waals surface area (Å²) in [6.07, 6.45) is 3.55. The largest absolute Gasteiger partial charge is 0.369 e. The van der Waals surface area contributed by atoms with E-state index in [1.54, 1.807) is 6.20 Å². The molecule has 1 heterocycles. The van der Waals surface area contributed by atoms with Gasteiger partial charge < -0.3 is 10.3 Å². The van der Waals surface area contributed by atoms with E-state index in [9.17, 15) is 0 Å². The van der Waals surface area contributed by atoms with Gasteiger partial charge in [0.2, 0.25) is 5.95 Å². The van der Waals surface area contributed by atoms with Crippen LogP contribution in [0, 0.1) is 0 Å². The molecule has 0 aliphatic rings. The van der Waals surface area contributed by atoms with E-state index >= 15 is 0 Å². The molecule has 0 amide bonds. The number of rotatable bonds is 2. The topological polar surface area (TPSA) is 43.8 Å². The quantitative estimate of drug-likeness (QED) is 0.848. The number of hydrogen-bond donors (Lipinski definition) is 1. The Kier molecular flexibility index (Phi) is 2.64. The van der Waals surface area contributed by atoms with E-state index in [-0.39, 0.29) is 6.04 Å². The molecule has 2 rings (SSSR count). The zero-order valence-electron chi connectivity index (χ0n) is 8.39. The van der Waals surface area contributed by atoms with Crippen molar-refractivity contribution in [1.82, 2.24) is 9.55 Å². The average molecular weight is 222 g/mol. The average Bonchev–Trinajstić information content (AvgIpc) is 2.63. The normalized spacial score (nSPS) is 12.7. The van der Waals surface area contributed by atoms with Gasteiger partial charge in [0.15, 0.2) is 0 Å². The maximum absolute atomic E-state index is 5.93. The van der Waals surface area contributed by atoms with Crippen LogP contribution in [0.4, 0.5) is 5.95 Å². The van der Waals surface area contributed by atoms with Crippen molar-refractivity contribution in [3.8, 4) is 0 Å². The second-order valence-corrected chi connectivity index (χ2v) is 3.86. The maximum Gasteiger partial charge on any atom is 0.200 e. The summed E-state index contributed by atoms with van der Waals surface area (Å²) >= 11 is 5.93. The summed E-state index contributed by atoms with van der Waals surface area (Å²) in [7, 11) is 0. The summed E-state index contributed by atoms with van der Waals surface area (Å²) in [4.78, 5) is 3.99. The van der Waals surface area contributed by atoms with Crippen LogP contribution < -0.4 is 5.73 Å². The van der Waals surface area contributed by atoms with Crippen molar-refractivity contribution in [3.05, 3.63) is 47.2 Å². The van der Waals surface area contributed by atoms with Crippen molar-refractivity contribution in [1.29, 1.82) is 0 Å². The van der Waals surface area contributed by atoms with E-state index in [0.717, 1.165) is 10.6 Å². The van der Waals surface area contributed by atoms with Crippen molar-refractivity contribution in [3.63, 3.8) is 0 Å². The van der Waals surface area contributed by atoms with E-state index in [2.05, 4.69) is 11.9 Å². The summed E-state index contributed by atoms with van der Waals surface area (Å²) in [5.41, 5.74) is 6.85. The predicted octanol–water partition coefficient (Wildman–Crippen LogP) is 2.73. The van der Waals surface area contributed by atoms with Crippen molar-refractivity contribution < 1.29 is 0 Å². The molecule has 2 N–H and O–H groups in total. The number of hydrogen-bond acceptors (Lipinski definition) is 2. The molecule has 1 atom stereocenters. The molecular weight excluding hydrogens is 210 g/mol. The number of imidazole rings is 1. The van der Waals surface area contributed by atoms with Crippen LogP contribution in [0.2, 0.25) is 5.02 Å². The first-order chi connectivity index (χ1) is 7.18. The van der Waals surface area contributed by atoms with Gasteiger partial charge in [-0.2, -0.15) is 0 Å². The zero-order chi connectivity index (χ0) is 10.8. The molecular formula is C11H12ClN3. The third kappa shape index (κ3) is 1.97. The number of nitrogens with zero attached hydrogens (tertiary/aromatic N) is 2. The molecule has 0 radical (unpaired) electrons. The van der Waals surface area contributed by atoms with Gasteiger partial charge in [0.25, 0.3) is 0 Å². The number of halogens is 1. The fraction of sp³-hybridized carbons (Fsp3) is 0.182. The predicted molar refractivity (Wildman–Crippen MR) is 61.9 cm³/mol. The lowest BCUT2D eigenvalue weighted by molar-refractivity contribution is 0.648. The van der Waals surface area contributed by atoms with Crippen LogP contribution in [-0.2, 0) is 0 Å². The number of aromatic nitrogens is 2. The molecule has 0 spiro atoms. The molecule has 2 aromatic rings. The second kappa shape index (κ2) is 3.95. The molecule has 78 valence electrons. The fourth-order valence-corrected chi connectivity index (χ4v) is 1.78. The number of benzene rings is 1. The van der Waals surface area contributed by atoms with Crippen molar-refractivity contribution >= 4 is 17.5 Å². The molecule has 15 heavy (non-hydrogen) atoms. The Hall–Kier alpha value is -1.48. The Morgan fingerprint density at radius 3 is 2.87 bits per heavy atom. The second-order valence-electron chi connectivity index (χ2n) is 3.42. The summed E-state index contributed by atoms with van der Waals surface area (Å²) in [6.45, 7) is 2.06.